The third kappa shape index (κ3) is 42.1. The van der Waals surface area contributed by atoms with E-state index in [1.807, 2.05) is 0 Å². The molecule has 0 bridgehead atoms. The first kappa shape index (κ1) is 52.1. The first-order valence-electron chi connectivity index (χ1n) is 24.4. The highest BCUT2D eigenvalue weighted by molar-refractivity contribution is 5.76. The summed E-state index contributed by atoms with van der Waals surface area (Å²) in [6.45, 7) is 4.38. The summed E-state index contributed by atoms with van der Waals surface area (Å²) >= 11 is 0. The quantitative estimate of drug-likeness (QED) is 0.0429. The van der Waals surface area contributed by atoms with Gasteiger partial charge in [0.25, 0.3) is 0 Å². The van der Waals surface area contributed by atoms with Gasteiger partial charge in [-0.1, -0.05) is 244 Å². The molecular weight excluding hydrogens is 651 g/mol. The average Bonchev–Trinajstić information content (AvgIpc) is 3.16. The van der Waals surface area contributed by atoms with Crippen molar-refractivity contribution in [2.24, 2.45) is 0 Å². The molecule has 0 saturated heterocycles. The largest absolute Gasteiger partial charge is 0.394 e. The molecule has 0 aliphatic heterocycles. The van der Waals surface area contributed by atoms with Crippen LogP contribution in [0.5, 0.6) is 0 Å². The molecule has 0 aliphatic rings. The molecule has 4 heteroatoms. The molecular formula is C49H97NO3. The predicted molar refractivity (Wildman–Crippen MR) is 235 cm³/mol. The molecule has 1 amide bonds. The SMILES string of the molecule is CCCCCCCC/C=C\CCCCCCCCCC(=O)NC(CO)C(O)CCCCCCCCCCCCCCCCCCCCCCCCCC. The summed E-state index contributed by atoms with van der Waals surface area (Å²) in [4.78, 5) is 12.4. The van der Waals surface area contributed by atoms with E-state index in [0.29, 0.717) is 12.8 Å². The maximum absolute atomic E-state index is 12.4. The molecule has 0 radical (unpaired) electrons. The monoisotopic (exact) mass is 748 g/mol. The zero-order valence-corrected chi connectivity index (χ0v) is 36.3. The lowest BCUT2D eigenvalue weighted by atomic mass is 10.0. The summed E-state index contributed by atoms with van der Waals surface area (Å²) in [5, 5.41) is 23.2. The van der Waals surface area contributed by atoms with Crippen molar-refractivity contribution in [3.8, 4) is 0 Å². The van der Waals surface area contributed by atoms with Crippen molar-refractivity contribution in [2.45, 2.75) is 289 Å². The first-order chi connectivity index (χ1) is 26.2. The zero-order chi connectivity index (χ0) is 38.6. The van der Waals surface area contributed by atoms with Crippen LogP contribution in [0, 0.1) is 0 Å². The van der Waals surface area contributed by atoms with E-state index < -0.39 is 12.1 Å². The average molecular weight is 748 g/mol. The third-order valence-electron chi connectivity index (χ3n) is 11.5. The summed E-state index contributed by atoms with van der Waals surface area (Å²) in [7, 11) is 0. The number of unbranched alkanes of at least 4 members (excludes halogenated alkanes) is 36. The number of hydrogen-bond acceptors (Lipinski definition) is 3. The van der Waals surface area contributed by atoms with Crippen molar-refractivity contribution in [1.29, 1.82) is 0 Å². The number of aliphatic hydroxyl groups excluding tert-OH is 2. The van der Waals surface area contributed by atoms with Gasteiger partial charge in [0, 0.05) is 6.42 Å². The maximum Gasteiger partial charge on any atom is 0.220 e. The highest BCUT2D eigenvalue weighted by Crippen LogP contribution is 2.17. The van der Waals surface area contributed by atoms with E-state index >= 15 is 0 Å². The van der Waals surface area contributed by atoms with Crippen molar-refractivity contribution in [1.82, 2.24) is 5.32 Å². The van der Waals surface area contributed by atoms with E-state index in [4.69, 9.17) is 0 Å². The second kappa shape index (κ2) is 45.5. The topological polar surface area (TPSA) is 69.6 Å². The summed E-state index contributed by atoms with van der Waals surface area (Å²) in [6, 6.07) is -0.535. The van der Waals surface area contributed by atoms with Gasteiger partial charge in [0.2, 0.25) is 5.91 Å². The van der Waals surface area contributed by atoms with E-state index in [1.54, 1.807) is 0 Å². The van der Waals surface area contributed by atoms with Gasteiger partial charge in [-0.25, -0.2) is 0 Å². The molecule has 0 aromatic rings. The van der Waals surface area contributed by atoms with Crippen LogP contribution in [0.4, 0.5) is 0 Å². The van der Waals surface area contributed by atoms with Crippen molar-refractivity contribution >= 4 is 5.91 Å². The Morgan fingerprint density at radius 2 is 0.717 bits per heavy atom. The van der Waals surface area contributed by atoms with Crippen LogP contribution < -0.4 is 5.32 Å². The van der Waals surface area contributed by atoms with Crippen molar-refractivity contribution in [3.63, 3.8) is 0 Å². The van der Waals surface area contributed by atoms with Crippen LogP contribution >= 0.6 is 0 Å². The Hall–Kier alpha value is -0.870. The smallest absolute Gasteiger partial charge is 0.220 e. The highest BCUT2D eigenvalue weighted by Gasteiger charge is 2.20. The third-order valence-corrected chi connectivity index (χ3v) is 11.5. The molecule has 0 rings (SSSR count). The van der Waals surface area contributed by atoms with Gasteiger partial charge in [0.1, 0.15) is 0 Å². The Balaban J connectivity index is 3.45. The van der Waals surface area contributed by atoms with Gasteiger partial charge >= 0.3 is 0 Å². The number of allylic oxidation sites excluding steroid dienone is 2. The van der Waals surface area contributed by atoms with Gasteiger partial charge in [-0.05, 0) is 38.5 Å². The first-order valence-corrected chi connectivity index (χ1v) is 24.4. The Bertz CT molecular complexity index is 725. The Kier molecular flexibility index (Phi) is 44.8. The molecule has 2 atom stereocenters. The predicted octanol–water partition coefficient (Wildman–Crippen LogP) is 15.4. The minimum absolute atomic E-state index is 0.0320. The Labute approximate surface area is 333 Å². The van der Waals surface area contributed by atoms with Gasteiger partial charge in [-0.3, -0.25) is 4.79 Å². The maximum atomic E-state index is 12.4. The van der Waals surface area contributed by atoms with E-state index in [2.05, 4.69) is 31.3 Å². The lowest BCUT2D eigenvalue weighted by molar-refractivity contribution is -0.123. The molecule has 316 valence electrons. The standard InChI is InChI=1S/C49H97NO3/c1-3-5-7-9-11-13-15-17-19-21-22-23-24-25-26-27-29-30-32-34-36-38-40-42-44-48(52)47(46-51)50-49(53)45-43-41-39-37-35-33-31-28-20-18-16-14-12-10-8-6-4-2/h18,20,47-48,51-52H,3-17,19,21-46H2,1-2H3,(H,50,53)/b20-18-. The van der Waals surface area contributed by atoms with E-state index in [-0.39, 0.29) is 12.5 Å². The molecule has 2 unspecified atom stereocenters. The zero-order valence-electron chi connectivity index (χ0n) is 36.3. The van der Waals surface area contributed by atoms with Gasteiger partial charge in [0.15, 0.2) is 0 Å². The number of rotatable bonds is 45. The fraction of sp³-hybridized carbons (Fsp3) is 0.939. The van der Waals surface area contributed by atoms with Crippen LogP contribution in [0.3, 0.4) is 0 Å². The van der Waals surface area contributed by atoms with E-state index in [1.165, 1.54) is 225 Å². The number of nitrogens with one attached hydrogen (secondary N) is 1. The van der Waals surface area contributed by atoms with E-state index in [9.17, 15) is 15.0 Å². The second-order valence-corrected chi connectivity index (χ2v) is 16.9. The molecule has 0 aromatic heterocycles. The van der Waals surface area contributed by atoms with Crippen molar-refractivity contribution in [2.75, 3.05) is 6.61 Å². The lowest BCUT2D eigenvalue weighted by Crippen LogP contribution is -2.45. The number of hydrogen-bond donors (Lipinski definition) is 3. The summed E-state index contributed by atoms with van der Waals surface area (Å²) in [5.74, 6) is -0.0320. The van der Waals surface area contributed by atoms with Gasteiger partial charge in [-0.15, -0.1) is 0 Å². The fourth-order valence-electron chi connectivity index (χ4n) is 7.77. The molecule has 0 spiro atoms. The highest BCUT2D eigenvalue weighted by atomic mass is 16.3. The fourth-order valence-corrected chi connectivity index (χ4v) is 7.77. The Morgan fingerprint density at radius 3 is 1.04 bits per heavy atom. The van der Waals surface area contributed by atoms with Gasteiger partial charge in [-0.2, -0.15) is 0 Å². The molecule has 0 saturated carbocycles. The van der Waals surface area contributed by atoms with Crippen LogP contribution in [0.25, 0.3) is 0 Å². The number of aliphatic hydroxyl groups is 2. The van der Waals surface area contributed by atoms with Crippen LogP contribution in [-0.2, 0) is 4.79 Å². The van der Waals surface area contributed by atoms with Crippen molar-refractivity contribution < 1.29 is 15.0 Å². The Morgan fingerprint density at radius 1 is 0.434 bits per heavy atom. The van der Waals surface area contributed by atoms with Gasteiger partial charge < -0.3 is 15.5 Å². The van der Waals surface area contributed by atoms with Crippen LogP contribution in [-0.4, -0.2) is 34.9 Å². The van der Waals surface area contributed by atoms with Crippen LogP contribution in [0.2, 0.25) is 0 Å². The lowest BCUT2D eigenvalue weighted by Gasteiger charge is -2.22. The number of carbonyl (C=O) groups excluding carboxylic acids is 1. The molecule has 0 aliphatic carbocycles. The number of amides is 1. The molecule has 53 heavy (non-hydrogen) atoms. The van der Waals surface area contributed by atoms with Gasteiger partial charge in [0.05, 0.1) is 18.8 Å². The minimum Gasteiger partial charge on any atom is -0.394 e. The molecule has 0 aromatic carbocycles. The van der Waals surface area contributed by atoms with Crippen LogP contribution in [0.1, 0.15) is 277 Å². The molecule has 0 heterocycles. The summed E-state index contributed by atoms with van der Waals surface area (Å²) in [6.07, 6.45) is 57.4. The summed E-state index contributed by atoms with van der Waals surface area (Å²) < 4.78 is 0. The number of carbonyl (C=O) groups is 1. The molecule has 3 N–H and O–H groups in total. The second-order valence-electron chi connectivity index (χ2n) is 16.9. The van der Waals surface area contributed by atoms with Crippen LogP contribution in [0.15, 0.2) is 12.2 Å². The normalized spacial score (nSPS) is 12.9. The minimum atomic E-state index is -0.658. The molecule has 4 nitrogen and oxygen atoms in total. The molecule has 0 fully saturated rings. The van der Waals surface area contributed by atoms with E-state index in [0.717, 1.165) is 25.7 Å². The van der Waals surface area contributed by atoms with Crippen molar-refractivity contribution in [3.05, 3.63) is 12.2 Å². The summed E-state index contributed by atoms with van der Waals surface area (Å²) in [5.41, 5.74) is 0.